The summed E-state index contributed by atoms with van der Waals surface area (Å²) in [5.41, 5.74) is -0.0334. The minimum Gasteiger partial charge on any atom is -0.469 e. The fourth-order valence-electron chi connectivity index (χ4n) is 2.19. The van der Waals surface area contributed by atoms with Gasteiger partial charge < -0.3 is 15.0 Å². The fourth-order valence-corrected chi connectivity index (χ4v) is 2.19. The molecule has 0 unspecified atom stereocenters. The fraction of sp³-hybridized carbons (Fsp3) is 0.909. The topological polar surface area (TPSA) is 41.6 Å². The third-order valence-electron chi connectivity index (χ3n) is 3.21. The van der Waals surface area contributed by atoms with Crippen molar-refractivity contribution in [2.45, 2.75) is 31.7 Å². The van der Waals surface area contributed by atoms with Crippen LogP contribution in [0.3, 0.4) is 0 Å². The lowest BCUT2D eigenvalue weighted by atomic mass is 9.84. The van der Waals surface area contributed by atoms with E-state index in [2.05, 4.69) is 24.2 Å². The van der Waals surface area contributed by atoms with Gasteiger partial charge in [-0.15, -0.1) is 0 Å². The molecule has 88 valence electrons. The van der Waals surface area contributed by atoms with Crippen molar-refractivity contribution in [3.63, 3.8) is 0 Å². The highest BCUT2D eigenvalue weighted by Crippen LogP contribution is 2.25. The summed E-state index contributed by atoms with van der Waals surface area (Å²) in [5, 5.41) is 3.46. The van der Waals surface area contributed by atoms with E-state index in [0.29, 0.717) is 6.42 Å². The largest absolute Gasteiger partial charge is 0.469 e. The summed E-state index contributed by atoms with van der Waals surface area (Å²) in [7, 11) is 3.57. The van der Waals surface area contributed by atoms with E-state index in [4.69, 9.17) is 4.74 Å². The van der Waals surface area contributed by atoms with Gasteiger partial charge in [-0.2, -0.15) is 0 Å². The Bertz CT molecular complexity index is 211. The average Bonchev–Trinajstić information content (AvgIpc) is 2.23. The Balaban J connectivity index is 2.58. The molecule has 1 aliphatic heterocycles. The van der Waals surface area contributed by atoms with Gasteiger partial charge in [0.15, 0.2) is 0 Å². The van der Waals surface area contributed by atoms with Crippen molar-refractivity contribution in [3.8, 4) is 0 Å². The molecule has 0 saturated carbocycles. The van der Waals surface area contributed by atoms with Gasteiger partial charge in [0, 0.05) is 5.54 Å². The molecule has 0 aromatic heterocycles. The monoisotopic (exact) mass is 214 g/mol. The Kier molecular flexibility index (Phi) is 4.54. The number of piperidine rings is 1. The van der Waals surface area contributed by atoms with Crippen molar-refractivity contribution in [2.24, 2.45) is 0 Å². The van der Waals surface area contributed by atoms with Gasteiger partial charge in [0.05, 0.1) is 13.5 Å². The van der Waals surface area contributed by atoms with Crippen molar-refractivity contribution in [1.29, 1.82) is 0 Å². The minimum atomic E-state index is -0.111. The number of carbonyl (C=O) groups excluding carboxylic acids is 1. The number of likely N-dealkylation sites (tertiary alicyclic amines) is 1. The van der Waals surface area contributed by atoms with E-state index in [1.54, 1.807) is 0 Å². The number of nitrogens with one attached hydrogen (secondary N) is 1. The molecular weight excluding hydrogens is 192 g/mol. The number of rotatable bonds is 4. The molecule has 0 spiro atoms. The molecule has 1 N–H and O–H groups in total. The van der Waals surface area contributed by atoms with Gasteiger partial charge in [-0.1, -0.05) is 6.92 Å². The van der Waals surface area contributed by atoms with Gasteiger partial charge in [0.2, 0.25) is 0 Å². The highest BCUT2D eigenvalue weighted by molar-refractivity contribution is 5.70. The molecule has 0 atom stereocenters. The highest BCUT2D eigenvalue weighted by atomic mass is 16.5. The molecule has 4 nitrogen and oxygen atoms in total. The zero-order valence-corrected chi connectivity index (χ0v) is 10.0. The number of carbonyl (C=O) groups is 1. The number of methoxy groups -OCH3 is 1. The SMILES string of the molecule is CCNC1(CC(=O)OC)CCN(C)CC1. The van der Waals surface area contributed by atoms with Crippen LogP contribution in [-0.4, -0.2) is 50.2 Å². The Morgan fingerprint density at radius 1 is 1.47 bits per heavy atom. The van der Waals surface area contributed by atoms with Crippen LogP contribution in [0, 0.1) is 0 Å². The first-order valence-corrected chi connectivity index (χ1v) is 5.62. The Morgan fingerprint density at radius 2 is 2.07 bits per heavy atom. The summed E-state index contributed by atoms with van der Waals surface area (Å²) in [5.74, 6) is -0.111. The maximum Gasteiger partial charge on any atom is 0.307 e. The van der Waals surface area contributed by atoms with Crippen LogP contribution in [0.15, 0.2) is 0 Å². The second-order valence-corrected chi connectivity index (χ2v) is 4.37. The van der Waals surface area contributed by atoms with Crippen LogP contribution < -0.4 is 5.32 Å². The minimum absolute atomic E-state index is 0.0334. The molecule has 0 aromatic carbocycles. The van der Waals surface area contributed by atoms with E-state index in [9.17, 15) is 4.79 Å². The zero-order chi connectivity index (χ0) is 11.3. The lowest BCUT2D eigenvalue weighted by Crippen LogP contribution is -2.53. The molecule has 0 aliphatic carbocycles. The molecule has 1 aliphatic rings. The summed E-state index contributed by atoms with van der Waals surface area (Å²) in [6, 6.07) is 0. The first kappa shape index (κ1) is 12.5. The molecular formula is C11H22N2O2. The van der Waals surface area contributed by atoms with Gasteiger partial charge in [0.25, 0.3) is 0 Å². The normalized spacial score (nSPS) is 21.3. The maximum atomic E-state index is 11.4. The standard InChI is InChI=1S/C11H22N2O2/c1-4-12-11(9-10(14)15-3)5-7-13(2)8-6-11/h12H,4-9H2,1-3H3. The molecule has 0 aromatic rings. The van der Waals surface area contributed by atoms with Gasteiger partial charge in [-0.05, 0) is 39.5 Å². The van der Waals surface area contributed by atoms with Crippen molar-refractivity contribution in [1.82, 2.24) is 10.2 Å². The molecule has 0 bridgehead atoms. The molecule has 1 heterocycles. The first-order valence-electron chi connectivity index (χ1n) is 5.62. The third kappa shape index (κ3) is 3.47. The number of ether oxygens (including phenoxy) is 1. The first-order chi connectivity index (χ1) is 7.12. The van der Waals surface area contributed by atoms with Crippen LogP contribution in [-0.2, 0) is 9.53 Å². The predicted molar refractivity (Wildman–Crippen MR) is 59.8 cm³/mol. The molecule has 15 heavy (non-hydrogen) atoms. The second-order valence-electron chi connectivity index (χ2n) is 4.37. The van der Waals surface area contributed by atoms with Gasteiger partial charge in [-0.3, -0.25) is 4.79 Å². The van der Waals surface area contributed by atoms with Gasteiger partial charge in [0.1, 0.15) is 0 Å². The van der Waals surface area contributed by atoms with Crippen molar-refractivity contribution < 1.29 is 9.53 Å². The van der Waals surface area contributed by atoms with Crippen LogP contribution in [0.1, 0.15) is 26.2 Å². The number of hydrogen-bond donors (Lipinski definition) is 1. The Labute approximate surface area is 92.0 Å². The quantitative estimate of drug-likeness (QED) is 0.697. The van der Waals surface area contributed by atoms with Gasteiger partial charge >= 0.3 is 5.97 Å². The molecule has 1 rings (SSSR count). The van der Waals surface area contributed by atoms with E-state index in [-0.39, 0.29) is 11.5 Å². The average molecular weight is 214 g/mol. The van der Waals surface area contributed by atoms with E-state index < -0.39 is 0 Å². The lowest BCUT2D eigenvalue weighted by molar-refractivity contribution is -0.142. The van der Waals surface area contributed by atoms with Crippen LogP contribution in [0.2, 0.25) is 0 Å². The Morgan fingerprint density at radius 3 is 2.53 bits per heavy atom. The van der Waals surface area contributed by atoms with Gasteiger partial charge in [-0.25, -0.2) is 0 Å². The van der Waals surface area contributed by atoms with Crippen molar-refractivity contribution in [3.05, 3.63) is 0 Å². The Hall–Kier alpha value is -0.610. The molecule has 1 fully saturated rings. The van der Waals surface area contributed by atoms with Crippen LogP contribution in [0.5, 0.6) is 0 Å². The van der Waals surface area contributed by atoms with E-state index in [1.807, 2.05) is 0 Å². The summed E-state index contributed by atoms with van der Waals surface area (Å²) in [6.45, 7) is 5.08. The maximum absolute atomic E-state index is 11.4. The smallest absolute Gasteiger partial charge is 0.307 e. The van der Waals surface area contributed by atoms with Crippen molar-refractivity contribution >= 4 is 5.97 Å². The summed E-state index contributed by atoms with van der Waals surface area (Å²) in [6.07, 6.45) is 2.53. The summed E-state index contributed by atoms with van der Waals surface area (Å²) >= 11 is 0. The molecule has 1 saturated heterocycles. The lowest BCUT2D eigenvalue weighted by Gasteiger charge is -2.40. The molecule has 0 radical (unpaired) electrons. The highest BCUT2D eigenvalue weighted by Gasteiger charge is 2.35. The number of hydrogen-bond acceptors (Lipinski definition) is 4. The summed E-state index contributed by atoms with van der Waals surface area (Å²) < 4.78 is 4.76. The predicted octanol–water partition coefficient (Wildman–Crippen LogP) is 0.623. The molecule has 4 heteroatoms. The van der Waals surface area contributed by atoms with Crippen LogP contribution >= 0.6 is 0 Å². The van der Waals surface area contributed by atoms with Crippen LogP contribution in [0.25, 0.3) is 0 Å². The second kappa shape index (κ2) is 5.47. The number of nitrogens with zero attached hydrogens (tertiary/aromatic N) is 1. The number of esters is 1. The summed E-state index contributed by atoms with van der Waals surface area (Å²) in [4.78, 5) is 13.7. The third-order valence-corrected chi connectivity index (χ3v) is 3.21. The van der Waals surface area contributed by atoms with Crippen molar-refractivity contribution in [2.75, 3.05) is 33.8 Å². The zero-order valence-electron chi connectivity index (χ0n) is 10.0. The van der Waals surface area contributed by atoms with E-state index in [0.717, 1.165) is 32.5 Å². The molecule has 0 amide bonds. The van der Waals surface area contributed by atoms with E-state index in [1.165, 1.54) is 7.11 Å². The van der Waals surface area contributed by atoms with Crippen LogP contribution in [0.4, 0.5) is 0 Å². The van der Waals surface area contributed by atoms with E-state index >= 15 is 0 Å².